The Morgan fingerprint density at radius 1 is 0.966 bits per heavy atom. The van der Waals surface area contributed by atoms with E-state index in [1.54, 1.807) is 0 Å². The summed E-state index contributed by atoms with van der Waals surface area (Å²) in [7, 11) is 0. The molecule has 0 atom stereocenters. The number of H-pyrrole nitrogens is 1. The fourth-order valence-corrected chi connectivity index (χ4v) is 4.01. The first-order chi connectivity index (χ1) is 14.1. The molecule has 0 fully saturated rings. The van der Waals surface area contributed by atoms with Crippen LogP contribution in [-0.4, -0.2) is 23.4 Å². The van der Waals surface area contributed by atoms with E-state index in [4.69, 9.17) is 4.74 Å². The zero-order valence-corrected chi connectivity index (χ0v) is 17.6. The molecule has 2 N–H and O–H groups in total. The molecule has 1 aliphatic rings. The third-order valence-electron chi connectivity index (χ3n) is 4.99. The Kier molecular flexibility index (Phi) is 5.53. The molecule has 3 aromatic rings. The maximum Gasteiger partial charge on any atom is 0.265 e. The molecule has 4 rings (SSSR count). The molecular formula is C23H21BrN2O3. The van der Waals surface area contributed by atoms with Crippen LogP contribution in [0.2, 0.25) is 0 Å². The van der Waals surface area contributed by atoms with Gasteiger partial charge in [0.05, 0.1) is 22.4 Å². The lowest BCUT2D eigenvalue weighted by Crippen LogP contribution is -2.22. The van der Waals surface area contributed by atoms with Gasteiger partial charge in [0.25, 0.3) is 11.8 Å². The van der Waals surface area contributed by atoms with Gasteiger partial charge in [-0.1, -0.05) is 38.0 Å². The quantitative estimate of drug-likeness (QED) is 0.383. The van der Waals surface area contributed by atoms with E-state index in [1.165, 1.54) is 0 Å². The van der Waals surface area contributed by atoms with Crippen molar-refractivity contribution in [3.05, 3.63) is 58.6 Å². The van der Waals surface area contributed by atoms with Gasteiger partial charge in [0.15, 0.2) is 0 Å². The maximum absolute atomic E-state index is 12.5. The van der Waals surface area contributed by atoms with E-state index < -0.39 is 11.8 Å². The molecule has 6 heteroatoms. The fourth-order valence-electron chi connectivity index (χ4n) is 3.54. The third kappa shape index (κ3) is 3.72. The number of carbonyl (C=O) groups is 2. The average Bonchev–Trinajstić information content (AvgIpc) is 3.22. The summed E-state index contributed by atoms with van der Waals surface area (Å²) in [5.74, 6) is -0.00230. The summed E-state index contributed by atoms with van der Waals surface area (Å²) in [5, 5.41) is 3.25. The van der Waals surface area contributed by atoms with Crippen LogP contribution >= 0.6 is 15.9 Å². The maximum atomic E-state index is 12.5. The number of halogens is 1. The second kappa shape index (κ2) is 8.25. The number of aromatic amines is 1. The molecule has 2 amide bonds. The Labute approximate surface area is 177 Å². The van der Waals surface area contributed by atoms with Crippen LogP contribution in [0.5, 0.6) is 5.75 Å². The molecule has 1 aliphatic heterocycles. The Balaban J connectivity index is 1.75. The highest BCUT2D eigenvalue weighted by molar-refractivity contribution is 9.12. The second-order valence-corrected chi connectivity index (χ2v) is 7.77. The highest BCUT2D eigenvalue weighted by atomic mass is 79.9. The molecule has 2 aromatic carbocycles. The summed E-state index contributed by atoms with van der Waals surface area (Å²) < 4.78 is 6.05. The number of hydrogen-bond acceptors (Lipinski definition) is 3. The summed E-state index contributed by atoms with van der Waals surface area (Å²) >= 11 is 3.29. The lowest BCUT2D eigenvalue weighted by Gasteiger charge is -2.08. The van der Waals surface area contributed by atoms with Crippen molar-refractivity contribution in [2.45, 2.75) is 26.2 Å². The number of rotatable bonds is 7. The lowest BCUT2D eigenvalue weighted by atomic mass is 9.98. The third-order valence-corrected chi connectivity index (χ3v) is 5.75. The standard InChI is InChI=1S/C23H21BrN2O3/c1-2-3-6-13-29-15-11-9-14(10-12-15)21-18(16-7-4-5-8-17(16)25-21)19-20(24)23(28)26-22(19)27/h4-5,7-12,25H,2-3,6,13H2,1H3,(H,26,27,28). The van der Waals surface area contributed by atoms with Gasteiger partial charge < -0.3 is 9.72 Å². The van der Waals surface area contributed by atoms with Crippen LogP contribution in [0.4, 0.5) is 0 Å². The number of ether oxygens (including phenoxy) is 1. The van der Waals surface area contributed by atoms with Crippen LogP contribution < -0.4 is 10.1 Å². The number of hydrogen-bond donors (Lipinski definition) is 2. The SMILES string of the molecule is CCCCCOc1ccc(-c2[nH]c3ccccc3c2C2=C(Br)C(=O)NC2=O)cc1. The number of fused-ring (bicyclic) bond motifs is 1. The van der Waals surface area contributed by atoms with Gasteiger partial charge in [0, 0.05) is 16.5 Å². The number of unbranched alkanes of at least 4 members (excludes halogenated alkanes) is 2. The first-order valence-electron chi connectivity index (χ1n) is 9.70. The van der Waals surface area contributed by atoms with Crippen molar-refractivity contribution in [2.75, 3.05) is 6.61 Å². The van der Waals surface area contributed by atoms with Crippen molar-refractivity contribution in [1.29, 1.82) is 0 Å². The monoisotopic (exact) mass is 452 g/mol. The smallest absolute Gasteiger partial charge is 0.265 e. The van der Waals surface area contributed by atoms with E-state index in [0.717, 1.165) is 47.2 Å². The van der Waals surface area contributed by atoms with Gasteiger partial charge in [-0.15, -0.1) is 0 Å². The van der Waals surface area contributed by atoms with Gasteiger partial charge in [0.1, 0.15) is 5.75 Å². The summed E-state index contributed by atoms with van der Waals surface area (Å²) in [6.45, 7) is 2.87. The Morgan fingerprint density at radius 2 is 1.72 bits per heavy atom. The van der Waals surface area contributed by atoms with Crippen LogP contribution in [0, 0.1) is 0 Å². The van der Waals surface area contributed by atoms with Gasteiger partial charge in [-0.3, -0.25) is 14.9 Å². The Bertz CT molecular complexity index is 1110. The number of benzene rings is 2. The number of aromatic nitrogens is 1. The number of imide groups is 1. The van der Waals surface area contributed by atoms with Crippen LogP contribution in [0.3, 0.4) is 0 Å². The predicted molar refractivity (Wildman–Crippen MR) is 118 cm³/mol. The minimum atomic E-state index is -0.419. The van der Waals surface area contributed by atoms with Crippen molar-refractivity contribution >= 4 is 44.2 Å². The molecule has 0 saturated heterocycles. The fraction of sp³-hybridized carbons (Fsp3) is 0.217. The molecular weight excluding hydrogens is 432 g/mol. The molecule has 0 aliphatic carbocycles. The van der Waals surface area contributed by atoms with Gasteiger partial charge >= 0.3 is 0 Å². The van der Waals surface area contributed by atoms with E-state index >= 15 is 0 Å². The first kappa shape index (κ1) is 19.5. The van der Waals surface area contributed by atoms with Crippen LogP contribution in [-0.2, 0) is 9.59 Å². The molecule has 0 unspecified atom stereocenters. The van der Waals surface area contributed by atoms with Gasteiger partial charge in [-0.2, -0.15) is 0 Å². The highest BCUT2D eigenvalue weighted by Crippen LogP contribution is 2.39. The normalized spacial score (nSPS) is 14.0. The molecule has 0 saturated carbocycles. The highest BCUT2D eigenvalue weighted by Gasteiger charge is 2.33. The Hall–Kier alpha value is -2.86. The van der Waals surface area contributed by atoms with Crippen LogP contribution in [0.15, 0.2) is 53.0 Å². The molecule has 0 bridgehead atoms. The topological polar surface area (TPSA) is 71.2 Å². The zero-order chi connectivity index (χ0) is 20.4. The van der Waals surface area contributed by atoms with E-state index in [-0.39, 0.29) is 4.48 Å². The minimum Gasteiger partial charge on any atom is -0.494 e. The van der Waals surface area contributed by atoms with E-state index in [9.17, 15) is 9.59 Å². The number of carbonyl (C=O) groups excluding carboxylic acids is 2. The summed E-state index contributed by atoms with van der Waals surface area (Å²) in [6, 6.07) is 15.5. The number of nitrogens with one attached hydrogen (secondary N) is 2. The van der Waals surface area contributed by atoms with E-state index in [1.807, 2.05) is 48.5 Å². The zero-order valence-electron chi connectivity index (χ0n) is 16.0. The summed E-state index contributed by atoms with van der Waals surface area (Å²) in [5.41, 5.74) is 3.67. The van der Waals surface area contributed by atoms with Crippen molar-refractivity contribution < 1.29 is 14.3 Å². The molecule has 148 valence electrons. The number of amides is 2. The molecule has 29 heavy (non-hydrogen) atoms. The van der Waals surface area contributed by atoms with Crippen LogP contribution in [0.1, 0.15) is 31.7 Å². The van der Waals surface area contributed by atoms with Crippen molar-refractivity contribution in [1.82, 2.24) is 10.3 Å². The largest absolute Gasteiger partial charge is 0.494 e. The molecule has 2 heterocycles. The van der Waals surface area contributed by atoms with Crippen molar-refractivity contribution in [3.8, 4) is 17.0 Å². The van der Waals surface area contributed by atoms with Gasteiger partial charge in [0.2, 0.25) is 0 Å². The summed E-state index contributed by atoms with van der Waals surface area (Å²) in [4.78, 5) is 27.9. The number of para-hydroxylation sites is 1. The molecule has 1 aromatic heterocycles. The van der Waals surface area contributed by atoms with Crippen molar-refractivity contribution in [2.24, 2.45) is 0 Å². The van der Waals surface area contributed by atoms with Gasteiger partial charge in [-0.05, 0) is 58.2 Å². The second-order valence-electron chi connectivity index (χ2n) is 6.97. The Morgan fingerprint density at radius 3 is 2.41 bits per heavy atom. The van der Waals surface area contributed by atoms with Crippen molar-refractivity contribution in [3.63, 3.8) is 0 Å². The van der Waals surface area contributed by atoms with E-state index in [0.29, 0.717) is 17.7 Å². The van der Waals surface area contributed by atoms with Crippen LogP contribution in [0.25, 0.3) is 27.7 Å². The first-order valence-corrected chi connectivity index (χ1v) is 10.5. The summed E-state index contributed by atoms with van der Waals surface area (Å²) in [6.07, 6.45) is 3.35. The molecule has 0 spiro atoms. The predicted octanol–water partition coefficient (Wildman–Crippen LogP) is 5.17. The minimum absolute atomic E-state index is 0.254. The lowest BCUT2D eigenvalue weighted by molar-refractivity contribution is -0.123. The van der Waals surface area contributed by atoms with E-state index in [2.05, 4.69) is 33.2 Å². The average molecular weight is 453 g/mol. The molecule has 5 nitrogen and oxygen atoms in total. The van der Waals surface area contributed by atoms with Gasteiger partial charge in [-0.25, -0.2) is 0 Å². The molecule has 0 radical (unpaired) electrons.